The largest absolute Gasteiger partial charge is 0.387 e. The fraction of sp³-hybridized carbons (Fsp3) is 0.286. The average Bonchev–Trinajstić information content (AvgIpc) is 2.95. The van der Waals surface area contributed by atoms with Crippen LogP contribution in [0.4, 0.5) is 0 Å². The van der Waals surface area contributed by atoms with Crippen LogP contribution < -0.4 is 5.56 Å². The molecule has 0 saturated heterocycles. The predicted molar refractivity (Wildman–Crippen MR) is 75.8 cm³/mol. The molecule has 0 radical (unpaired) electrons. The van der Waals surface area contributed by atoms with Crippen LogP contribution in [0.5, 0.6) is 0 Å². The summed E-state index contributed by atoms with van der Waals surface area (Å²) >= 11 is 0. The second-order valence-corrected chi connectivity index (χ2v) is 4.78. The molecule has 0 aliphatic carbocycles. The molecular formula is C14H15N5O2. The van der Waals surface area contributed by atoms with Gasteiger partial charge in [-0.2, -0.15) is 0 Å². The summed E-state index contributed by atoms with van der Waals surface area (Å²) in [5.41, 5.74) is 1.59. The summed E-state index contributed by atoms with van der Waals surface area (Å²) in [6.07, 6.45) is 3.31. The molecule has 0 saturated carbocycles. The van der Waals surface area contributed by atoms with Gasteiger partial charge in [0.15, 0.2) is 0 Å². The molecule has 1 unspecified atom stereocenters. The maximum Gasteiger partial charge on any atom is 0.258 e. The molecule has 108 valence electrons. The lowest BCUT2D eigenvalue weighted by atomic mass is 10.2. The molecule has 1 N–H and O–H groups in total. The molecule has 3 aromatic rings. The first-order valence-corrected chi connectivity index (χ1v) is 6.73. The van der Waals surface area contributed by atoms with Crippen LogP contribution in [0.25, 0.3) is 5.65 Å². The maximum atomic E-state index is 12.0. The Balaban J connectivity index is 1.91. The predicted octanol–water partition coefficient (Wildman–Crippen LogP) is 0.778. The second kappa shape index (κ2) is 5.45. The average molecular weight is 285 g/mol. The zero-order valence-corrected chi connectivity index (χ0v) is 11.5. The number of aliphatic hydroxyl groups is 1. The highest BCUT2D eigenvalue weighted by molar-refractivity contribution is 5.38. The summed E-state index contributed by atoms with van der Waals surface area (Å²) in [5.74, 6) is 0. The standard InChI is InChI=1S/C14H15N5O2/c1-2-12(20)11-9-18(17-16-11)8-10-7-14(21)19-6-4-3-5-13(19)15-10/h3-7,9,12,20H,2,8H2,1H3. The number of pyridine rings is 1. The van der Waals surface area contributed by atoms with Gasteiger partial charge in [-0.3, -0.25) is 9.20 Å². The molecule has 3 aromatic heterocycles. The van der Waals surface area contributed by atoms with Gasteiger partial charge in [0.1, 0.15) is 11.3 Å². The van der Waals surface area contributed by atoms with E-state index in [1.807, 2.05) is 13.0 Å². The molecule has 0 spiro atoms. The van der Waals surface area contributed by atoms with E-state index in [0.29, 0.717) is 30.0 Å². The fourth-order valence-electron chi connectivity index (χ4n) is 2.10. The van der Waals surface area contributed by atoms with Gasteiger partial charge < -0.3 is 5.11 Å². The first kappa shape index (κ1) is 13.4. The summed E-state index contributed by atoms with van der Waals surface area (Å²) in [4.78, 5) is 16.4. The third-order valence-corrected chi connectivity index (χ3v) is 3.23. The number of fused-ring (bicyclic) bond motifs is 1. The molecule has 0 amide bonds. The number of hydrogen-bond donors (Lipinski definition) is 1. The van der Waals surface area contributed by atoms with E-state index in [4.69, 9.17) is 0 Å². The normalized spacial score (nSPS) is 12.7. The van der Waals surface area contributed by atoms with Crippen LogP contribution >= 0.6 is 0 Å². The lowest BCUT2D eigenvalue weighted by Gasteiger charge is -2.03. The molecule has 7 nitrogen and oxygen atoms in total. The van der Waals surface area contributed by atoms with Crippen LogP contribution in [0.1, 0.15) is 30.8 Å². The van der Waals surface area contributed by atoms with E-state index < -0.39 is 6.10 Å². The van der Waals surface area contributed by atoms with Gasteiger partial charge in [-0.25, -0.2) is 9.67 Å². The van der Waals surface area contributed by atoms with E-state index in [2.05, 4.69) is 15.3 Å². The Morgan fingerprint density at radius 2 is 2.24 bits per heavy atom. The summed E-state index contributed by atoms with van der Waals surface area (Å²) in [6.45, 7) is 2.21. The zero-order chi connectivity index (χ0) is 14.8. The molecule has 7 heteroatoms. The van der Waals surface area contributed by atoms with E-state index >= 15 is 0 Å². The van der Waals surface area contributed by atoms with Gasteiger partial charge >= 0.3 is 0 Å². The number of aliphatic hydroxyl groups excluding tert-OH is 1. The van der Waals surface area contributed by atoms with E-state index in [1.165, 1.54) is 10.5 Å². The van der Waals surface area contributed by atoms with Crippen molar-refractivity contribution >= 4 is 5.65 Å². The monoisotopic (exact) mass is 285 g/mol. The van der Waals surface area contributed by atoms with Crippen molar-refractivity contribution in [1.82, 2.24) is 24.4 Å². The van der Waals surface area contributed by atoms with E-state index in [-0.39, 0.29) is 5.56 Å². The van der Waals surface area contributed by atoms with Crippen LogP contribution in [0, 0.1) is 0 Å². The lowest BCUT2D eigenvalue weighted by molar-refractivity contribution is 0.168. The van der Waals surface area contributed by atoms with E-state index in [0.717, 1.165) is 0 Å². The third kappa shape index (κ3) is 2.68. The number of hydrogen-bond acceptors (Lipinski definition) is 5. The van der Waals surface area contributed by atoms with Gasteiger partial charge in [-0.1, -0.05) is 18.2 Å². The van der Waals surface area contributed by atoms with Crippen LogP contribution in [0.3, 0.4) is 0 Å². The van der Waals surface area contributed by atoms with Crippen molar-refractivity contribution in [2.24, 2.45) is 0 Å². The third-order valence-electron chi connectivity index (χ3n) is 3.23. The van der Waals surface area contributed by atoms with Gasteiger partial charge in [-0.05, 0) is 18.6 Å². The molecule has 0 aliphatic heterocycles. The van der Waals surface area contributed by atoms with Crippen molar-refractivity contribution in [3.63, 3.8) is 0 Å². The minimum absolute atomic E-state index is 0.135. The van der Waals surface area contributed by atoms with Crippen molar-refractivity contribution in [2.75, 3.05) is 0 Å². The Labute approximate surface area is 120 Å². The van der Waals surface area contributed by atoms with Gasteiger partial charge in [0.05, 0.1) is 24.5 Å². The van der Waals surface area contributed by atoms with Crippen molar-refractivity contribution in [2.45, 2.75) is 26.0 Å². The number of aromatic nitrogens is 5. The fourth-order valence-corrected chi connectivity index (χ4v) is 2.10. The van der Waals surface area contributed by atoms with E-state index in [1.54, 1.807) is 29.2 Å². The van der Waals surface area contributed by atoms with Gasteiger partial charge in [0.2, 0.25) is 0 Å². The Morgan fingerprint density at radius 3 is 3.05 bits per heavy atom. The van der Waals surface area contributed by atoms with Crippen molar-refractivity contribution in [3.8, 4) is 0 Å². The maximum absolute atomic E-state index is 12.0. The van der Waals surface area contributed by atoms with Crippen molar-refractivity contribution < 1.29 is 5.11 Å². The summed E-state index contributed by atoms with van der Waals surface area (Å²) < 4.78 is 3.05. The Bertz CT molecular complexity index is 823. The van der Waals surface area contributed by atoms with Crippen LogP contribution in [-0.2, 0) is 6.54 Å². The lowest BCUT2D eigenvalue weighted by Crippen LogP contribution is -2.16. The molecule has 3 rings (SSSR count). The van der Waals surface area contributed by atoms with Crippen LogP contribution in [0.2, 0.25) is 0 Å². The smallest absolute Gasteiger partial charge is 0.258 e. The Hall–Kier alpha value is -2.54. The van der Waals surface area contributed by atoms with Gasteiger partial charge in [0, 0.05) is 12.3 Å². The molecule has 1 atom stereocenters. The van der Waals surface area contributed by atoms with Crippen molar-refractivity contribution in [1.29, 1.82) is 0 Å². The highest BCUT2D eigenvalue weighted by Gasteiger charge is 2.10. The van der Waals surface area contributed by atoms with Crippen LogP contribution in [-0.4, -0.2) is 29.5 Å². The molecular weight excluding hydrogens is 270 g/mol. The number of rotatable bonds is 4. The molecule has 0 aromatic carbocycles. The minimum atomic E-state index is -0.617. The zero-order valence-electron chi connectivity index (χ0n) is 11.5. The highest BCUT2D eigenvalue weighted by Crippen LogP contribution is 2.12. The van der Waals surface area contributed by atoms with E-state index in [9.17, 15) is 9.90 Å². The molecule has 0 fully saturated rings. The Morgan fingerprint density at radius 1 is 1.38 bits per heavy atom. The van der Waals surface area contributed by atoms with Gasteiger partial charge in [0.25, 0.3) is 5.56 Å². The topological polar surface area (TPSA) is 85.3 Å². The second-order valence-electron chi connectivity index (χ2n) is 4.78. The summed E-state index contributed by atoms with van der Waals surface area (Å²) in [5, 5.41) is 17.6. The Kier molecular flexibility index (Phi) is 3.49. The summed E-state index contributed by atoms with van der Waals surface area (Å²) in [7, 11) is 0. The first-order chi connectivity index (χ1) is 10.2. The van der Waals surface area contributed by atoms with Crippen molar-refractivity contribution in [3.05, 3.63) is 58.4 Å². The SMILES string of the molecule is CCC(O)c1cn(Cc2cc(=O)n3ccccc3n2)nn1. The van der Waals surface area contributed by atoms with Gasteiger partial charge in [-0.15, -0.1) is 5.10 Å². The quantitative estimate of drug-likeness (QED) is 0.765. The molecule has 0 bridgehead atoms. The van der Waals surface area contributed by atoms with Crippen LogP contribution in [0.15, 0.2) is 41.5 Å². The minimum Gasteiger partial charge on any atom is -0.387 e. The number of nitrogens with zero attached hydrogens (tertiary/aromatic N) is 5. The molecule has 0 aliphatic rings. The first-order valence-electron chi connectivity index (χ1n) is 6.73. The highest BCUT2D eigenvalue weighted by atomic mass is 16.3. The molecule has 21 heavy (non-hydrogen) atoms. The molecule has 3 heterocycles. The summed E-state index contributed by atoms with van der Waals surface area (Å²) in [6, 6.07) is 6.87.